The molecule has 2 aliphatic rings. The Labute approximate surface area is 89.4 Å². The highest BCUT2D eigenvalue weighted by Gasteiger charge is 2.45. The second kappa shape index (κ2) is 3.74. The summed E-state index contributed by atoms with van der Waals surface area (Å²) >= 11 is 1.79. The molecule has 80 valence electrons. The van der Waals surface area contributed by atoms with E-state index in [0.717, 1.165) is 18.2 Å². The lowest BCUT2D eigenvalue weighted by Gasteiger charge is -2.10. The molecule has 3 nitrogen and oxygen atoms in total. The van der Waals surface area contributed by atoms with Crippen LogP contribution in [0.4, 0.5) is 0 Å². The van der Waals surface area contributed by atoms with Crippen LogP contribution in [0.15, 0.2) is 0 Å². The first kappa shape index (κ1) is 10.3. The molecule has 0 radical (unpaired) electrons. The van der Waals surface area contributed by atoms with Crippen LogP contribution in [0, 0.1) is 11.3 Å². The van der Waals surface area contributed by atoms with Gasteiger partial charge in [0, 0.05) is 18.2 Å². The maximum atomic E-state index is 11.6. The third-order valence-corrected chi connectivity index (χ3v) is 4.21. The lowest BCUT2D eigenvalue weighted by Crippen LogP contribution is -2.42. The van der Waals surface area contributed by atoms with Gasteiger partial charge in [-0.1, -0.05) is 13.8 Å². The number of hydrogen-bond acceptors (Lipinski definition) is 3. The van der Waals surface area contributed by atoms with Crippen LogP contribution >= 0.6 is 11.8 Å². The van der Waals surface area contributed by atoms with Crippen LogP contribution < -0.4 is 10.6 Å². The van der Waals surface area contributed by atoms with Gasteiger partial charge in [-0.2, -0.15) is 0 Å². The molecule has 4 heteroatoms. The van der Waals surface area contributed by atoms with Gasteiger partial charge in [-0.15, -0.1) is 11.8 Å². The fourth-order valence-corrected chi connectivity index (χ4v) is 2.78. The van der Waals surface area contributed by atoms with E-state index in [1.807, 2.05) is 0 Å². The van der Waals surface area contributed by atoms with E-state index >= 15 is 0 Å². The van der Waals surface area contributed by atoms with Gasteiger partial charge in [-0.25, -0.2) is 0 Å². The lowest BCUT2D eigenvalue weighted by atomic mass is 10.1. The Hall–Kier alpha value is -0.220. The van der Waals surface area contributed by atoms with Crippen molar-refractivity contribution in [3.8, 4) is 0 Å². The molecule has 1 aliphatic heterocycles. The number of rotatable bonds is 3. The molecule has 2 atom stereocenters. The quantitative estimate of drug-likeness (QED) is 0.730. The minimum absolute atomic E-state index is 0.0434. The Morgan fingerprint density at radius 1 is 1.64 bits per heavy atom. The number of carbonyl (C=O) groups is 1. The first-order valence-electron chi connectivity index (χ1n) is 5.18. The van der Waals surface area contributed by atoms with Gasteiger partial charge >= 0.3 is 0 Å². The molecule has 0 spiro atoms. The third kappa shape index (κ3) is 2.23. The lowest BCUT2D eigenvalue weighted by molar-refractivity contribution is -0.122. The summed E-state index contributed by atoms with van der Waals surface area (Å²) in [5.41, 5.74) is 0.463. The molecule has 1 aliphatic carbocycles. The Morgan fingerprint density at radius 2 is 2.36 bits per heavy atom. The molecule has 0 aromatic carbocycles. The summed E-state index contributed by atoms with van der Waals surface area (Å²) in [5, 5.41) is 6.20. The summed E-state index contributed by atoms with van der Waals surface area (Å²) in [4.78, 5) is 11.6. The van der Waals surface area contributed by atoms with Gasteiger partial charge in [0.1, 0.15) is 0 Å². The van der Waals surface area contributed by atoms with Crippen molar-refractivity contribution in [2.24, 2.45) is 11.3 Å². The monoisotopic (exact) mass is 214 g/mol. The molecule has 0 bridgehead atoms. The summed E-state index contributed by atoms with van der Waals surface area (Å²) in [5.74, 6) is 2.70. The zero-order chi connectivity index (χ0) is 10.2. The van der Waals surface area contributed by atoms with Gasteiger partial charge in [0.25, 0.3) is 0 Å². The van der Waals surface area contributed by atoms with Gasteiger partial charge in [0.2, 0.25) is 5.91 Å². The van der Waals surface area contributed by atoms with E-state index in [9.17, 15) is 4.79 Å². The van der Waals surface area contributed by atoms with Gasteiger partial charge in [-0.05, 0) is 17.8 Å². The highest BCUT2D eigenvalue weighted by molar-refractivity contribution is 7.99. The van der Waals surface area contributed by atoms with Gasteiger partial charge in [-0.3, -0.25) is 10.1 Å². The molecule has 1 saturated carbocycles. The van der Waals surface area contributed by atoms with Gasteiger partial charge in [0.05, 0.1) is 6.04 Å². The highest BCUT2D eigenvalue weighted by atomic mass is 32.2. The maximum Gasteiger partial charge on any atom is 0.238 e. The topological polar surface area (TPSA) is 41.1 Å². The normalized spacial score (nSPS) is 34.1. The van der Waals surface area contributed by atoms with Crippen molar-refractivity contribution in [3.63, 3.8) is 0 Å². The molecule has 0 aromatic heterocycles. The van der Waals surface area contributed by atoms with Crippen molar-refractivity contribution in [2.45, 2.75) is 26.3 Å². The largest absolute Gasteiger partial charge is 0.354 e. The van der Waals surface area contributed by atoms with Crippen LogP contribution in [-0.4, -0.2) is 30.1 Å². The molecule has 1 heterocycles. The molecule has 1 amide bonds. The third-order valence-electron chi connectivity index (χ3n) is 3.27. The predicted molar refractivity (Wildman–Crippen MR) is 59.1 cm³/mol. The second-order valence-corrected chi connectivity index (χ2v) is 5.94. The first-order chi connectivity index (χ1) is 6.59. The van der Waals surface area contributed by atoms with Crippen molar-refractivity contribution in [2.75, 3.05) is 18.2 Å². The summed E-state index contributed by atoms with van der Waals surface area (Å²) in [6.45, 7) is 5.37. The first-order valence-corrected chi connectivity index (χ1v) is 6.34. The molecule has 2 unspecified atom stereocenters. The Kier molecular flexibility index (Phi) is 2.75. The van der Waals surface area contributed by atoms with E-state index in [1.165, 1.54) is 6.42 Å². The van der Waals surface area contributed by atoms with E-state index in [1.54, 1.807) is 11.8 Å². The second-order valence-electron chi connectivity index (χ2n) is 4.91. The van der Waals surface area contributed by atoms with E-state index in [0.29, 0.717) is 11.3 Å². The maximum absolute atomic E-state index is 11.6. The fourth-order valence-electron chi connectivity index (χ4n) is 1.84. The molecule has 14 heavy (non-hydrogen) atoms. The van der Waals surface area contributed by atoms with Crippen LogP contribution in [0.3, 0.4) is 0 Å². The number of thioether (sulfide) groups is 1. The van der Waals surface area contributed by atoms with Crippen molar-refractivity contribution < 1.29 is 4.79 Å². The zero-order valence-electron chi connectivity index (χ0n) is 8.80. The molecule has 2 N–H and O–H groups in total. The average molecular weight is 214 g/mol. The van der Waals surface area contributed by atoms with Crippen LogP contribution in [0.2, 0.25) is 0 Å². The Bertz CT molecular complexity index is 236. The number of nitrogens with one attached hydrogen (secondary N) is 2. The fraction of sp³-hybridized carbons (Fsp3) is 0.900. The number of hydrogen-bond donors (Lipinski definition) is 2. The molecule has 2 fully saturated rings. The van der Waals surface area contributed by atoms with Gasteiger partial charge < -0.3 is 5.32 Å². The molecular weight excluding hydrogens is 196 g/mol. The molecule has 2 rings (SSSR count). The van der Waals surface area contributed by atoms with E-state index in [-0.39, 0.29) is 11.9 Å². The van der Waals surface area contributed by atoms with Crippen molar-refractivity contribution >= 4 is 17.7 Å². The van der Waals surface area contributed by atoms with Gasteiger partial charge in [0.15, 0.2) is 0 Å². The zero-order valence-corrected chi connectivity index (χ0v) is 9.62. The van der Waals surface area contributed by atoms with Crippen molar-refractivity contribution in [3.05, 3.63) is 0 Å². The minimum Gasteiger partial charge on any atom is -0.354 e. The van der Waals surface area contributed by atoms with E-state index in [2.05, 4.69) is 24.5 Å². The molecular formula is C10H18N2OS. The standard InChI is InChI=1S/C10H18N2OS/c1-10(2)3-7(10)4-11-9(13)8-5-14-6-12-8/h7-8,12H,3-6H2,1-2H3,(H,11,13). The van der Waals surface area contributed by atoms with Crippen LogP contribution in [0.1, 0.15) is 20.3 Å². The number of amides is 1. The summed E-state index contributed by atoms with van der Waals surface area (Å²) in [7, 11) is 0. The van der Waals surface area contributed by atoms with E-state index in [4.69, 9.17) is 0 Å². The number of carbonyl (C=O) groups excluding carboxylic acids is 1. The smallest absolute Gasteiger partial charge is 0.238 e. The van der Waals surface area contributed by atoms with Crippen LogP contribution in [-0.2, 0) is 4.79 Å². The van der Waals surface area contributed by atoms with Crippen LogP contribution in [0.5, 0.6) is 0 Å². The highest BCUT2D eigenvalue weighted by Crippen LogP contribution is 2.50. The Balaban J connectivity index is 1.68. The average Bonchev–Trinajstić information content (AvgIpc) is 2.58. The molecule has 1 saturated heterocycles. The Morgan fingerprint density at radius 3 is 2.86 bits per heavy atom. The summed E-state index contributed by atoms with van der Waals surface area (Å²) < 4.78 is 0. The predicted octanol–water partition coefficient (Wildman–Crippen LogP) is 0.811. The van der Waals surface area contributed by atoms with Crippen molar-refractivity contribution in [1.82, 2.24) is 10.6 Å². The van der Waals surface area contributed by atoms with Crippen LogP contribution in [0.25, 0.3) is 0 Å². The van der Waals surface area contributed by atoms with E-state index < -0.39 is 0 Å². The SMILES string of the molecule is CC1(C)CC1CNC(=O)C1CSCN1. The molecule has 0 aromatic rings. The minimum atomic E-state index is 0.0434. The summed E-state index contributed by atoms with van der Waals surface area (Å²) in [6, 6.07) is 0.0434. The summed E-state index contributed by atoms with van der Waals surface area (Å²) in [6.07, 6.45) is 1.25. The van der Waals surface area contributed by atoms with Crippen molar-refractivity contribution in [1.29, 1.82) is 0 Å².